The lowest BCUT2D eigenvalue weighted by Gasteiger charge is -2.14. The topological polar surface area (TPSA) is 45.5 Å². The third-order valence-corrected chi connectivity index (χ3v) is 18.0. The minimum absolute atomic E-state index is 0.587. The second-order valence-electron chi connectivity index (χ2n) is 22.9. The maximum Gasteiger partial charge on any atom is 0.237 e. The van der Waals surface area contributed by atoms with Gasteiger partial charge in [0.2, 0.25) is 5.95 Å². The highest BCUT2D eigenvalue weighted by Gasteiger charge is 2.22. The molecule has 13 aromatic carbocycles. The zero-order valence-corrected chi connectivity index (χ0v) is 47.7. The monoisotopic (exact) mass is 1120 g/mol. The van der Waals surface area contributed by atoms with Crippen LogP contribution in [0.25, 0.3) is 166 Å². The predicted octanol–water partition coefficient (Wildman–Crippen LogP) is 21.2. The molecule has 0 aliphatic rings. The van der Waals surface area contributed by atoms with Crippen molar-refractivity contribution in [1.82, 2.24) is 28.2 Å². The normalized spacial score (nSPS) is 11.9. The van der Waals surface area contributed by atoms with Gasteiger partial charge in [-0.15, -0.1) is 0 Å². The molecule has 0 saturated carbocycles. The van der Waals surface area contributed by atoms with Crippen molar-refractivity contribution < 1.29 is 0 Å². The van der Waals surface area contributed by atoms with E-state index in [1.807, 2.05) is 0 Å². The molecule has 0 fully saturated rings. The Morgan fingerprint density at radius 1 is 0.182 bits per heavy atom. The van der Waals surface area contributed by atoms with Crippen molar-refractivity contribution in [3.63, 3.8) is 0 Å². The van der Waals surface area contributed by atoms with Crippen LogP contribution < -0.4 is 0 Å². The van der Waals surface area contributed by atoms with E-state index in [0.717, 1.165) is 105 Å². The molecule has 0 atom stereocenters. The minimum atomic E-state index is 0.587. The molecule has 0 aliphatic carbocycles. The zero-order chi connectivity index (χ0) is 57.8. The Hall–Kier alpha value is -11.9. The Kier molecular flexibility index (Phi) is 11.2. The molecule has 0 saturated heterocycles. The van der Waals surface area contributed by atoms with Crippen molar-refractivity contribution >= 4 is 87.2 Å². The average Bonchev–Trinajstić information content (AvgIpc) is 2.30. The summed E-state index contributed by atoms with van der Waals surface area (Å²) in [5.74, 6) is 1.36. The first-order valence-electron chi connectivity index (χ1n) is 30.0. The van der Waals surface area contributed by atoms with Crippen molar-refractivity contribution in [2.75, 3.05) is 0 Å². The van der Waals surface area contributed by atoms with E-state index in [-0.39, 0.29) is 0 Å². The van der Waals surface area contributed by atoms with Crippen molar-refractivity contribution in [3.05, 3.63) is 315 Å². The molecular formula is C82H52N6. The van der Waals surface area contributed by atoms with E-state index < -0.39 is 0 Å². The number of rotatable bonds is 9. The summed E-state index contributed by atoms with van der Waals surface area (Å²) in [7, 11) is 0. The Morgan fingerprint density at radius 2 is 0.489 bits per heavy atom. The van der Waals surface area contributed by atoms with Gasteiger partial charge in [0.05, 0.1) is 49.8 Å². The molecule has 6 heteroatoms. The molecule has 0 bridgehead atoms. The summed E-state index contributed by atoms with van der Waals surface area (Å²) >= 11 is 0. The van der Waals surface area contributed by atoms with Gasteiger partial charge in [0.25, 0.3) is 0 Å². The van der Waals surface area contributed by atoms with Crippen LogP contribution in [-0.2, 0) is 0 Å². The van der Waals surface area contributed by atoms with E-state index in [1.165, 1.54) is 54.7 Å². The van der Waals surface area contributed by atoms with Crippen LogP contribution in [0.15, 0.2) is 315 Å². The molecule has 5 heterocycles. The van der Waals surface area contributed by atoms with E-state index in [9.17, 15) is 0 Å². The van der Waals surface area contributed by atoms with Crippen molar-refractivity contribution in [1.29, 1.82) is 0 Å². The Bertz CT molecular complexity index is 5510. The smallest absolute Gasteiger partial charge is 0.237 e. The maximum atomic E-state index is 5.72. The quantitative estimate of drug-likeness (QED) is 0.145. The van der Waals surface area contributed by atoms with Crippen molar-refractivity contribution in [2.45, 2.75) is 0 Å². The summed E-state index contributed by atoms with van der Waals surface area (Å²) in [4.78, 5) is 11.4. The molecule has 0 amide bonds. The molecule has 6 nitrogen and oxygen atoms in total. The number of hydrogen-bond acceptors (Lipinski definition) is 2. The van der Waals surface area contributed by atoms with Crippen molar-refractivity contribution in [2.24, 2.45) is 0 Å². The van der Waals surface area contributed by atoms with E-state index in [4.69, 9.17) is 9.97 Å². The van der Waals surface area contributed by atoms with Gasteiger partial charge in [-0.2, -0.15) is 4.98 Å². The van der Waals surface area contributed by atoms with Gasteiger partial charge in [-0.1, -0.05) is 200 Å². The third-order valence-electron chi connectivity index (χ3n) is 18.0. The van der Waals surface area contributed by atoms with E-state index in [2.05, 4.69) is 334 Å². The predicted molar refractivity (Wildman–Crippen MR) is 367 cm³/mol. The lowest BCUT2D eigenvalue weighted by atomic mass is 9.97. The molecule has 0 radical (unpaired) electrons. The van der Waals surface area contributed by atoms with Crippen molar-refractivity contribution in [3.8, 4) is 78.9 Å². The average molecular weight is 1120 g/mol. The van der Waals surface area contributed by atoms with Crippen LogP contribution >= 0.6 is 0 Å². The largest absolute Gasteiger partial charge is 0.309 e. The second-order valence-corrected chi connectivity index (χ2v) is 22.9. The van der Waals surface area contributed by atoms with E-state index in [0.29, 0.717) is 5.95 Å². The summed E-state index contributed by atoms with van der Waals surface area (Å²) in [6.45, 7) is 0. The fourth-order valence-corrected chi connectivity index (χ4v) is 13.9. The molecule has 0 unspecified atom stereocenters. The van der Waals surface area contributed by atoms with Crippen LogP contribution in [0.4, 0.5) is 0 Å². The van der Waals surface area contributed by atoms with Crippen LogP contribution in [-0.4, -0.2) is 28.2 Å². The molecule has 410 valence electrons. The van der Waals surface area contributed by atoms with Gasteiger partial charge >= 0.3 is 0 Å². The van der Waals surface area contributed by atoms with Gasteiger partial charge in [-0.05, 0) is 154 Å². The molecule has 5 aromatic heterocycles. The third kappa shape index (κ3) is 7.89. The molecular weight excluding hydrogens is 1070 g/mol. The molecule has 18 aromatic rings. The first-order chi connectivity index (χ1) is 43.6. The summed E-state index contributed by atoms with van der Waals surface area (Å²) in [5.41, 5.74) is 22.2. The fraction of sp³-hybridized carbons (Fsp3) is 0. The van der Waals surface area contributed by atoms with E-state index in [1.54, 1.807) is 0 Å². The lowest BCUT2D eigenvalue weighted by molar-refractivity contribution is 0.952. The SMILES string of the molecule is c1ccc(-c2cccc(-c3cccc(-c4cc(-n5c6ccccc6c6cc(-c7ccc8c(c7)c7ccccc7n8-c7ccccc7)ccc65)nc(-n5c6ccccc6c6cc(-c7ccc8c(c7)c7ccccc7n8-c7ccccc7)ccc65)n4)c3)c2)cc1. The number of benzene rings is 13. The Balaban J connectivity index is 0.818. The highest BCUT2D eigenvalue weighted by Crippen LogP contribution is 2.42. The van der Waals surface area contributed by atoms with Gasteiger partial charge in [-0.25, -0.2) is 4.98 Å². The standard InChI is InChI=1S/C82H52N6/c1-4-20-53(21-5-1)54-22-18-23-55(46-54)56-24-19-25-61(47-56)72-52-81(87-75-36-16-12-32-66(75)70-50-59(40-44-79(70)87)57-38-42-77-68(48-57)64-30-10-14-34-73(64)85(77)62-26-6-2-7-27-62)84-82(83-72)88-76-37-17-13-33-67(76)71-51-60(41-45-80(71)88)58-39-43-78-69(49-58)65-31-11-15-35-74(65)86(78)63-28-8-3-9-29-63/h1-52H. The molecule has 0 N–H and O–H groups in total. The van der Waals surface area contributed by atoms with Gasteiger partial charge in [0, 0.05) is 66.1 Å². The number of nitrogens with zero attached hydrogens (tertiary/aromatic N) is 6. The minimum Gasteiger partial charge on any atom is -0.309 e. The molecule has 88 heavy (non-hydrogen) atoms. The lowest BCUT2D eigenvalue weighted by Crippen LogP contribution is -2.07. The number of hydrogen-bond donors (Lipinski definition) is 0. The van der Waals surface area contributed by atoms with E-state index >= 15 is 0 Å². The highest BCUT2D eigenvalue weighted by atomic mass is 15.2. The van der Waals surface area contributed by atoms with Crippen LogP contribution in [0.1, 0.15) is 0 Å². The molecule has 0 aliphatic heterocycles. The number of fused-ring (bicyclic) bond motifs is 12. The maximum absolute atomic E-state index is 5.72. The van der Waals surface area contributed by atoms with Crippen LogP contribution in [0.5, 0.6) is 0 Å². The molecule has 0 spiro atoms. The fourth-order valence-electron chi connectivity index (χ4n) is 13.9. The van der Waals surface area contributed by atoms with Gasteiger partial charge < -0.3 is 9.13 Å². The Labute approximate surface area is 507 Å². The molecule has 18 rings (SSSR count). The first kappa shape index (κ1) is 49.6. The van der Waals surface area contributed by atoms with Crippen LogP contribution in [0, 0.1) is 0 Å². The summed E-state index contributed by atoms with van der Waals surface area (Å²) in [5, 5.41) is 9.45. The summed E-state index contributed by atoms with van der Waals surface area (Å²) in [6.07, 6.45) is 0. The second kappa shape index (κ2) is 19.9. The number of aromatic nitrogens is 6. The first-order valence-corrected chi connectivity index (χ1v) is 30.0. The van der Waals surface area contributed by atoms with Gasteiger partial charge in [0.15, 0.2) is 0 Å². The number of para-hydroxylation sites is 6. The van der Waals surface area contributed by atoms with Gasteiger partial charge in [-0.3, -0.25) is 9.13 Å². The van der Waals surface area contributed by atoms with Gasteiger partial charge in [0.1, 0.15) is 5.82 Å². The summed E-state index contributed by atoms with van der Waals surface area (Å²) in [6, 6.07) is 114. The summed E-state index contributed by atoms with van der Waals surface area (Å²) < 4.78 is 9.35. The zero-order valence-electron chi connectivity index (χ0n) is 47.7. The highest BCUT2D eigenvalue weighted by molar-refractivity contribution is 6.15. The Morgan fingerprint density at radius 3 is 0.943 bits per heavy atom. The van der Waals surface area contributed by atoms with Crippen LogP contribution in [0.2, 0.25) is 0 Å². The van der Waals surface area contributed by atoms with Crippen LogP contribution in [0.3, 0.4) is 0 Å².